The topological polar surface area (TPSA) is 42.0 Å². The van der Waals surface area contributed by atoms with Crippen molar-refractivity contribution in [2.75, 3.05) is 5.32 Å². The van der Waals surface area contributed by atoms with E-state index in [1.165, 1.54) is 12.1 Å². The molecular weight excluding hydrogens is 269 g/mol. The molecule has 2 rings (SSSR count). The number of carbonyl (C=O) groups excluding carboxylic acids is 1. The third kappa shape index (κ3) is 3.34. The van der Waals surface area contributed by atoms with Crippen LogP contribution < -0.4 is 5.32 Å². The number of anilines is 1. The zero-order chi connectivity index (χ0) is 14.8. The van der Waals surface area contributed by atoms with Crippen LogP contribution in [0, 0.1) is 6.92 Å². The third-order valence-electron chi connectivity index (χ3n) is 2.61. The van der Waals surface area contributed by atoms with E-state index in [1.807, 2.05) is 6.92 Å². The maximum absolute atomic E-state index is 12.4. The van der Waals surface area contributed by atoms with Gasteiger partial charge < -0.3 is 5.32 Å². The Labute approximate surface area is 113 Å². The van der Waals surface area contributed by atoms with Crippen molar-refractivity contribution < 1.29 is 18.0 Å². The van der Waals surface area contributed by atoms with Crippen LogP contribution in [0.5, 0.6) is 0 Å². The molecule has 0 aliphatic heterocycles. The molecule has 1 aromatic heterocycles. The Kier molecular flexibility index (Phi) is 3.74. The van der Waals surface area contributed by atoms with Gasteiger partial charge in [0.05, 0.1) is 5.56 Å². The van der Waals surface area contributed by atoms with Crippen LogP contribution in [0.25, 0.3) is 0 Å². The number of alkyl halides is 3. The molecule has 0 fully saturated rings. The van der Waals surface area contributed by atoms with E-state index >= 15 is 0 Å². The van der Waals surface area contributed by atoms with E-state index in [9.17, 15) is 18.0 Å². The number of halogens is 3. The van der Waals surface area contributed by atoms with Gasteiger partial charge in [0.1, 0.15) is 5.69 Å². The van der Waals surface area contributed by atoms with Crippen LogP contribution in [0.2, 0.25) is 0 Å². The molecule has 6 heteroatoms. The first-order valence-corrected chi connectivity index (χ1v) is 5.77. The highest BCUT2D eigenvalue weighted by atomic mass is 19.4. The van der Waals surface area contributed by atoms with E-state index in [0.29, 0.717) is 0 Å². The minimum absolute atomic E-state index is 0.204. The second-order valence-electron chi connectivity index (χ2n) is 4.25. The molecule has 0 atom stereocenters. The Morgan fingerprint density at radius 3 is 2.25 bits per heavy atom. The fourth-order valence-corrected chi connectivity index (χ4v) is 1.54. The number of aromatic nitrogens is 1. The zero-order valence-electron chi connectivity index (χ0n) is 10.5. The average Bonchev–Trinajstić information content (AvgIpc) is 2.39. The Balaban J connectivity index is 2.10. The quantitative estimate of drug-likeness (QED) is 0.912. The van der Waals surface area contributed by atoms with Crippen LogP contribution >= 0.6 is 0 Å². The molecule has 0 saturated heterocycles. The summed E-state index contributed by atoms with van der Waals surface area (Å²) in [5.41, 5.74) is 0.640. The standard InChI is InChI=1S/C14H11F3N2O/c1-9-2-7-12(18-8-9)13(20)19-11-5-3-10(4-6-11)14(15,16)17/h2-8H,1H3,(H,19,20). The minimum atomic E-state index is -4.39. The second-order valence-corrected chi connectivity index (χ2v) is 4.25. The average molecular weight is 280 g/mol. The van der Waals surface area contributed by atoms with Crippen LogP contribution in [0.3, 0.4) is 0 Å². The number of rotatable bonds is 2. The molecule has 0 aliphatic carbocycles. The summed E-state index contributed by atoms with van der Waals surface area (Å²) in [7, 11) is 0. The number of carbonyl (C=O) groups is 1. The maximum Gasteiger partial charge on any atom is 0.416 e. The van der Waals surface area contributed by atoms with Crippen LogP contribution in [0.4, 0.5) is 18.9 Å². The van der Waals surface area contributed by atoms with Gasteiger partial charge in [-0.25, -0.2) is 0 Å². The monoisotopic (exact) mass is 280 g/mol. The van der Waals surface area contributed by atoms with E-state index < -0.39 is 17.6 Å². The summed E-state index contributed by atoms with van der Waals surface area (Å²) in [5, 5.41) is 2.49. The number of nitrogens with zero attached hydrogens (tertiary/aromatic N) is 1. The molecule has 3 nitrogen and oxygen atoms in total. The van der Waals surface area contributed by atoms with Gasteiger partial charge in [-0.05, 0) is 42.8 Å². The van der Waals surface area contributed by atoms with E-state index in [0.717, 1.165) is 17.7 Å². The Bertz CT molecular complexity index is 604. The van der Waals surface area contributed by atoms with Gasteiger partial charge in [-0.2, -0.15) is 13.2 Å². The normalized spacial score (nSPS) is 11.2. The summed E-state index contributed by atoms with van der Waals surface area (Å²) in [6, 6.07) is 7.52. The summed E-state index contributed by atoms with van der Waals surface area (Å²) in [6.45, 7) is 1.84. The highest BCUT2D eigenvalue weighted by Gasteiger charge is 2.29. The third-order valence-corrected chi connectivity index (χ3v) is 2.61. The van der Waals surface area contributed by atoms with Crippen molar-refractivity contribution in [1.29, 1.82) is 0 Å². The number of pyridine rings is 1. The van der Waals surface area contributed by atoms with E-state index in [4.69, 9.17) is 0 Å². The van der Waals surface area contributed by atoms with Crippen LogP contribution in [0.15, 0.2) is 42.6 Å². The van der Waals surface area contributed by atoms with Crippen molar-refractivity contribution in [2.24, 2.45) is 0 Å². The summed E-state index contributed by atoms with van der Waals surface area (Å²) < 4.78 is 37.2. The molecule has 0 saturated carbocycles. The first kappa shape index (κ1) is 14.0. The van der Waals surface area contributed by atoms with Gasteiger partial charge in [-0.1, -0.05) is 6.07 Å². The van der Waals surface area contributed by atoms with Gasteiger partial charge in [-0.3, -0.25) is 9.78 Å². The lowest BCUT2D eigenvalue weighted by Gasteiger charge is -2.08. The lowest BCUT2D eigenvalue weighted by molar-refractivity contribution is -0.137. The fraction of sp³-hybridized carbons (Fsp3) is 0.143. The molecule has 0 spiro atoms. The van der Waals surface area contributed by atoms with Crippen molar-refractivity contribution >= 4 is 11.6 Å². The number of hydrogen-bond donors (Lipinski definition) is 1. The first-order valence-electron chi connectivity index (χ1n) is 5.77. The molecule has 20 heavy (non-hydrogen) atoms. The zero-order valence-corrected chi connectivity index (χ0v) is 10.5. The van der Waals surface area contributed by atoms with E-state index in [2.05, 4.69) is 10.3 Å². The van der Waals surface area contributed by atoms with Gasteiger partial charge in [0.2, 0.25) is 0 Å². The summed E-state index contributed by atoms with van der Waals surface area (Å²) in [4.78, 5) is 15.8. The number of nitrogens with one attached hydrogen (secondary N) is 1. The van der Waals surface area contributed by atoms with Gasteiger partial charge in [0.15, 0.2) is 0 Å². The Morgan fingerprint density at radius 1 is 1.10 bits per heavy atom. The van der Waals surface area contributed by atoms with Crippen molar-refractivity contribution in [3.63, 3.8) is 0 Å². The summed E-state index contributed by atoms with van der Waals surface area (Å²) in [5.74, 6) is -0.468. The predicted molar refractivity (Wildman–Crippen MR) is 68.4 cm³/mol. The maximum atomic E-state index is 12.4. The largest absolute Gasteiger partial charge is 0.416 e. The number of aryl methyl sites for hydroxylation is 1. The van der Waals surface area contributed by atoms with Gasteiger partial charge in [0.25, 0.3) is 5.91 Å². The van der Waals surface area contributed by atoms with Crippen molar-refractivity contribution in [2.45, 2.75) is 13.1 Å². The second kappa shape index (κ2) is 5.32. The van der Waals surface area contributed by atoms with Crippen LogP contribution in [-0.2, 0) is 6.18 Å². The number of benzene rings is 1. The Morgan fingerprint density at radius 2 is 1.75 bits per heavy atom. The summed E-state index contributed by atoms with van der Waals surface area (Å²) >= 11 is 0. The van der Waals surface area contributed by atoms with Crippen LogP contribution in [-0.4, -0.2) is 10.9 Å². The van der Waals surface area contributed by atoms with E-state index in [-0.39, 0.29) is 11.4 Å². The Hall–Kier alpha value is -2.37. The van der Waals surface area contributed by atoms with Gasteiger partial charge in [-0.15, -0.1) is 0 Å². The smallest absolute Gasteiger partial charge is 0.321 e. The van der Waals surface area contributed by atoms with Crippen molar-refractivity contribution in [3.05, 3.63) is 59.4 Å². The molecule has 1 amide bonds. The molecule has 0 radical (unpaired) electrons. The lowest BCUT2D eigenvalue weighted by Crippen LogP contribution is -2.14. The molecule has 1 aromatic carbocycles. The number of amides is 1. The highest BCUT2D eigenvalue weighted by Crippen LogP contribution is 2.29. The highest BCUT2D eigenvalue weighted by molar-refractivity contribution is 6.02. The number of hydrogen-bond acceptors (Lipinski definition) is 2. The van der Waals surface area contributed by atoms with Gasteiger partial charge in [0, 0.05) is 11.9 Å². The first-order chi connectivity index (χ1) is 9.36. The molecule has 0 aliphatic rings. The molecule has 1 N–H and O–H groups in total. The van der Waals surface area contributed by atoms with Crippen LogP contribution in [0.1, 0.15) is 21.6 Å². The van der Waals surface area contributed by atoms with E-state index in [1.54, 1.807) is 18.3 Å². The lowest BCUT2D eigenvalue weighted by atomic mass is 10.2. The molecule has 104 valence electrons. The molecule has 0 bridgehead atoms. The minimum Gasteiger partial charge on any atom is -0.321 e. The molecule has 0 unspecified atom stereocenters. The fourth-order valence-electron chi connectivity index (χ4n) is 1.54. The summed E-state index contributed by atoms with van der Waals surface area (Å²) in [6.07, 6.45) is -2.84. The van der Waals surface area contributed by atoms with Crippen molar-refractivity contribution in [3.8, 4) is 0 Å². The van der Waals surface area contributed by atoms with Gasteiger partial charge >= 0.3 is 6.18 Å². The molecule has 2 aromatic rings. The SMILES string of the molecule is Cc1ccc(C(=O)Nc2ccc(C(F)(F)F)cc2)nc1. The van der Waals surface area contributed by atoms with Crippen molar-refractivity contribution in [1.82, 2.24) is 4.98 Å². The predicted octanol–water partition coefficient (Wildman–Crippen LogP) is 3.66. The molecule has 1 heterocycles. The molecular formula is C14H11F3N2O.